The highest BCUT2D eigenvalue weighted by Gasteiger charge is 2.33. The van der Waals surface area contributed by atoms with Crippen LogP contribution in [0.25, 0.3) is 0 Å². The number of carbonyl (C=O) groups excluding carboxylic acids is 1. The van der Waals surface area contributed by atoms with Gasteiger partial charge in [0.1, 0.15) is 5.92 Å². The molecule has 0 aromatic carbocycles. The lowest BCUT2D eigenvalue weighted by molar-refractivity contribution is -0.146. The molecule has 13 heavy (non-hydrogen) atoms. The highest BCUT2D eigenvalue weighted by molar-refractivity contribution is 5.96. The number of hydrogen-bond acceptors (Lipinski definition) is 2. The maximum Gasteiger partial charge on any atom is 0.315 e. The fourth-order valence-electron chi connectivity index (χ4n) is 1.18. The molecule has 4 nitrogen and oxygen atoms in total. The van der Waals surface area contributed by atoms with Gasteiger partial charge in [-0.3, -0.25) is 9.59 Å². The van der Waals surface area contributed by atoms with Crippen molar-refractivity contribution in [2.75, 3.05) is 6.54 Å². The van der Waals surface area contributed by atoms with Crippen LogP contribution in [0.5, 0.6) is 0 Å². The van der Waals surface area contributed by atoms with Gasteiger partial charge in [-0.1, -0.05) is 6.92 Å². The van der Waals surface area contributed by atoms with Gasteiger partial charge in [-0.2, -0.15) is 0 Å². The van der Waals surface area contributed by atoms with Crippen LogP contribution in [0.4, 0.5) is 0 Å². The zero-order chi connectivity index (χ0) is 10.0. The highest BCUT2D eigenvalue weighted by atomic mass is 16.4. The summed E-state index contributed by atoms with van der Waals surface area (Å²) in [5.41, 5.74) is 0. The van der Waals surface area contributed by atoms with Crippen molar-refractivity contribution in [3.8, 4) is 0 Å². The van der Waals surface area contributed by atoms with Crippen LogP contribution in [0, 0.1) is 17.8 Å². The Hall–Kier alpha value is -1.06. The molecule has 4 heteroatoms. The smallest absolute Gasteiger partial charge is 0.315 e. The average molecular weight is 185 g/mol. The summed E-state index contributed by atoms with van der Waals surface area (Å²) in [6.07, 6.45) is 1.14. The Kier molecular flexibility index (Phi) is 2.90. The number of carboxylic acids is 1. The molecule has 0 spiro atoms. The summed E-state index contributed by atoms with van der Waals surface area (Å²) in [6.45, 7) is 4.14. The van der Waals surface area contributed by atoms with Gasteiger partial charge in [0.05, 0.1) is 0 Å². The molecule has 0 radical (unpaired) electrons. The predicted molar refractivity (Wildman–Crippen MR) is 47.1 cm³/mol. The van der Waals surface area contributed by atoms with E-state index < -0.39 is 11.9 Å². The van der Waals surface area contributed by atoms with Crippen molar-refractivity contribution in [3.63, 3.8) is 0 Å². The minimum absolute atomic E-state index is 0.383. The number of rotatable bonds is 4. The largest absolute Gasteiger partial charge is 0.481 e. The molecule has 1 saturated carbocycles. The molecule has 1 fully saturated rings. The first-order chi connectivity index (χ1) is 6.02. The van der Waals surface area contributed by atoms with E-state index in [0.29, 0.717) is 18.4 Å². The van der Waals surface area contributed by atoms with Crippen molar-refractivity contribution in [1.29, 1.82) is 0 Å². The SMILES string of the molecule is CC(C(=O)O)C(=O)NCC1CC1C. The summed E-state index contributed by atoms with van der Waals surface area (Å²) in [5.74, 6) is -1.15. The van der Waals surface area contributed by atoms with E-state index in [0.717, 1.165) is 6.42 Å². The number of carbonyl (C=O) groups is 2. The van der Waals surface area contributed by atoms with Crippen LogP contribution in [0.1, 0.15) is 20.3 Å². The lowest BCUT2D eigenvalue weighted by Gasteiger charge is -2.07. The Bertz CT molecular complexity index is 227. The van der Waals surface area contributed by atoms with Gasteiger partial charge in [-0.05, 0) is 25.2 Å². The molecule has 0 aromatic rings. The normalized spacial score (nSPS) is 27.8. The second-order valence-electron chi connectivity index (χ2n) is 3.78. The number of aliphatic carboxylic acids is 1. The van der Waals surface area contributed by atoms with Crippen molar-refractivity contribution in [2.24, 2.45) is 17.8 Å². The van der Waals surface area contributed by atoms with Crippen molar-refractivity contribution < 1.29 is 14.7 Å². The quantitative estimate of drug-likeness (QED) is 0.626. The summed E-state index contributed by atoms with van der Waals surface area (Å²) in [4.78, 5) is 21.5. The molecular formula is C9H15NO3. The van der Waals surface area contributed by atoms with Gasteiger partial charge < -0.3 is 10.4 Å². The zero-order valence-corrected chi connectivity index (χ0v) is 7.91. The van der Waals surface area contributed by atoms with Gasteiger partial charge in [0.2, 0.25) is 5.91 Å². The first-order valence-electron chi connectivity index (χ1n) is 4.53. The maximum atomic E-state index is 11.1. The van der Waals surface area contributed by atoms with Crippen molar-refractivity contribution >= 4 is 11.9 Å². The van der Waals surface area contributed by atoms with Crippen LogP contribution < -0.4 is 5.32 Å². The first-order valence-corrected chi connectivity index (χ1v) is 4.53. The molecular weight excluding hydrogens is 170 g/mol. The third kappa shape index (κ3) is 2.72. The minimum atomic E-state index is -1.07. The summed E-state index contributed by atoms with van der Waals surface area (Å²) in [7, 11) is 0. The summed E-state index contributed by atoms with van der Waals surface area (Å²) >= 11 is 0. The molecule has 1 aliphatic carbocycles. The van der Waals surface area contributed by atoms with Gasteiger partial charge >= 0.3 is 5.97 Å². The standard InChI is InChI=1S/C9H15NO3/c1-5-3-7(5)4-10-8(11)6(2)9(12)13/h5-7H,3-4H2,1-2H3,(H,10,11)(H,12,13). The molecule has 74 valence electrons. The fraction of sp³-hybridized carbons (Fsp3) is 0.778. The first kappa shape index (κ1) is 10.0. The Morgan fingerprint density at radius 1 is 1.62 bits per heavy atom. The van der Waals surface area contributed by atoms with E-state index in [2.05, 4.69) is 12.2 Å². The second-order valence-corrected chi connectivity index (χ2v) is 3.78. The summed E-state index contributed by atoms with van der Waals surface area (Å²) in [5, 5.41) is 11.2. The lowest BCUT2D eigenvalue weighted by atomic mass is 10.1. The Morgan fingerprint density at radius 3 is 2.54 bits per heavy atom. The van der Waals surface area contributed by atoms with Crippen LogP contribution in [0.15, 0.2) is 0 Å². The second kappa shape index (κ2) is 3.77. The lowest BCUT2D eigenvalue weighted by Crippen LogP contribution is -2.34. The van der Waals surface area contributed by atoms with Crippen molar-refractivity contribution in [2.45, 2.75) is 20.3 Å². The van der Waals surface area contributed by atoms with E-state index in [1.54, 1.807) is 0 Å². The Labute approximate surface area is 77.3 Å². The van der Waals surface area contributed by atoms with Gasteiger partial charge in [0.15, 0.2) is 0 Å². The van der Waals surface area contributed by atoms with Crippen LogP contribution in [0.3, 0.4) is 0 Å². The molecule has 1 rings (SSSR count). The van der Waals surface area contributed by atoms with Gasteiger partial charge in [0, 0.05) is 6.54 Å². The Morgan fingerprint density at radius 2 is 2.15 bits per heavy atom. The van der Waals surface area contributed by atoms with Crippen LogP contribution in [-0.2, 0) is 9.59 Å². The molecule has 0 saturated heterocycles. The molecule has 3 unspecified atom stereocenters. The van der Waals surface area contributed by atoms with Crippen molar-refractivity contribution in [3.05, 3.63) is 0 Å². The molecule has 0 bridgehead atoms. The van der Waals surface area contributed by atoms with Gasteiger partial charge in [-0.15, -0.1) is 0 Å². The number of carboxylic acid groups (broad SMARTS) is 1. The molecule has 0 heterocycles. The molecule has 0 aromatic heterocycles. The number of hydrogen-bond donors (Lipinski definition) is 2. The zero-order valence-electron chi connectivity index (χ0n) is 7.91. The Balaban J connectivity index is 2.21. The number of amides is 1. The van der Waals surface area contributed by atoms with Crippen LogP contribution in [0.2, 0.25) is 0 Å². The van der Waals surface area contributed by atoms with E-state index in [4.69, 9.17) is 5.11 Å². The van der Waals surface area contributed by atoms with E-state index in [1.165, 1.54) is 6.92 Å². The molecule has 1 amide bonds. The molecule has 3 atom stereocenters. The van der Waals surface area contributed by atoms with Gasteiger partial charge in [0.25, 0.3) is 0 Å². The topological polar surface area (TPSA) is 66.4 Å². The van der Waals surface area contributed by atoms with E-state index >= 15 is 0 Å². The fourth-order valence-corrected chi connectivity index (χ4v) is 1.18. The van der Waals surface area contributed by atoms with Crippen LogP contribution >= 0.6 is 0 Å². The van der Waals surface area contributed by atoms with Gasteiger partial charge in [-0.25, -0.2) is 0 Å². The number of nitrogens with one attached hydrogen (secondary N) is 1. The third-order valence-electron chi connectivity index (χ3n) is 2.58. The van der Waals surface area contributed by atoms with E-state index in [9.17, 15) is 9.59 Å². The van der Waals surface area contributed by atoms with E-state index in [-0.39, 0.29) is 5.91 Å². The third-order valence-corrected chi connectivity index (χ3v) is 2.58. The monoisotopic (exact) mass is 185 g/mol. The van der Waals surface area contributed by atoms with E-state index in [1.807, 2.05) is 0 Å². The summed E-state index contributed by atoms with van der Waals surface area (Å²) in [6, 6.07) is 0. The predicted octanol–water partition coefficient (Wildman–Crippen LogP) is 0.479. The van der Waals surface area contributed by atoms with Crippen molar-refractivity contribution in [1.82, 2.24) is 5.32 Å². The maximum absolute atomic E-state index is 11.1. The molecule has 1 aliphatic rings. The minimum Gasteiger partial charge on any atom is -0.481 e. The average Bonchev–Trinajstić information content (AvgIpc) is 2.76. The molecule has 0 aliphatic heterocycles. The van der Waals surface area contributed by atoms with Crippen LogP contribution in [-0.4, -0.2) is 23.5 Å². The molecule has 2 N–H and O–H groups in total. The highest BCUT2D eigenvalue weighted by Crippen LogP contribution is 2.36. The summed E-state index contributed by atoms with van der Waals surface area (Å²) < 4.78 is 0.